The van der Waals surface area contributed by atoms with E-state index < -0.39 is 0 Å². The first-order valence-corrected chi connectivity index (χ1v) is 9.94. The van der Waals surface area contributed by atoms with E-state index in [9.17, 15) is 0 Å². The van der Waals surface area contributed by atoms with Crippen molar-refractivity contribution in [3.8, 4) is 23.0 Å². The van der Waals surface area contributed by atoms with Crippen LogP contribution < -0.4 is 29.6 Å². The van der Waals surface area contributed by atoms with Crippen molar-refractivity contribution in [2.24, 2.45) is 4.99 Å². The van der Waals surface area contributed by atoms with Gasteiger partial charge in [-0.2, -0.15) is 0 Å². The summed E-state index contributed by atoms with van der Waals surface area (Å²) in [6.45, 7) is 7.00. The number of guanidine groups is 1. The Hall–Kier alpha value is -2.36. The molecule has 1 aliphatic rings. The summed E-state index contributed by atoms with van der Waals surface area (Å²) in [5, 5.41) is 6.66. The molecule has 0 saturated carbocycles. The van der Waals surface area contributed by atoms with E-state index >= 15 is 0 Å². The summed E-state index contributed by atoms with van der Waals surface area (Å²) in [5.41, 5.74) is 2.25. The molecule has 2 aromatic rings. The molecule has 2 N–H and O–H groups in total. The Morgan fingerprint density at radius 1 is 1.00 bits per heavy atom. The number of benzene rings is 2. The predicted octanol–water partition coefficient (Wildman–Crippen LogP) is 3.74. The molecule has 0 atom stereocenters. The Morgan fingerprint density at radius 2 is 1.80 bits per heavy atom. The summed E-state index contributed by atoms with van der Waals surface area (Å²) in [6.07, 6.45) is 0.859. The summed E-state index contributed by atoms with van der Waals surface area (Å²) in [4.78, 5) is 4.68. The van der Waals surface area contributed by atoms with Crippen LogP contribution in [0.25, 0.3) is 0 Å². The minimum Gasteiger partial charge on any atom is -0.493 e. The van der Waals surface area contributed by atoms with Crippen molar-refractivity contribution in [1.29, 1.82) is 0 Å². The number of rotatable bonds is 9. The number of ether oxygens (including phenoxy) is 4. The van der Waals surface area contributed by atoms with E-state index in [4.69, 9.17) is 18.9 Å². The van der Waals surface area contributed by atoms with Crippen LogP contribution in [-0.4, -0.2) is 39.6 Å². The van der Waals surface area contributed by atoms with E-state index in [1.165, 1.54) is 5.56 Å². The number of hydrogen-bond donors (Lipinski definition) is 2. The monoisotopic (exact) mass is 527 g/mol. The van der Waals surface area contributed by atoms with Crippen molar-refractivity contribution in [2.45, 2.75) is 26.8 Å². The summed E-state index contributed by atoms with van der Waals surface area (Å²) in [6, 6.07) is 11.9. The van der Waals surface area contributed by atoms with Gasteiger partial charge in [-0.05, 0) is 55.7 Å². The van der Waals surface area contributed by atoms with Crippen molar-refractivity contribution in [3.05, 3.63) is 47.5 Å². The van der Waals surface area contributed by atoms with Crippen LogP contribution in [0.2, 0.25) is 0 Å². The lowest BCUT2D eigenvalue weighted by molar-refractivity contribution is 0.174. The Balaban J connectivity index is 0.00000320. The molecule has 8 heteroatoms. The standard InChI is InChI=1S/C22H29N3O4.HI/c1-4-23-22(24-11-10-16-6-9-19-21(12-16)29-15-28-19)25-14-17-7-8-18(26-3)20(13-17)27-5-2;/h6-9,12-13H,4-5,10-11,14-15H2,1-3H3,(H2,23,24,25);1H. The molecule has 1 aliphatic heterocycles. The Bertz CT molecular complexity index is 845. The summed E-state index contributed by atoms with van der Waals surface area (Å²) in [7, 11) is 1.64. The zero-order valence-corrected chi connectivity index (χ0v) is 20.0. The van der Waals surface area contributed by atoms with Crippen molar-refractivity contribution < 1.29 is 18.9 Å². The molecule has 0 aliphatic carbocycles. The maximum atomic E-state index is 5.64. The molecular weight excluding hydrogens is 497 g/mol. The van der Waals surface area contributed by atoms with Crippen LogP contribution in [0, 0.1) is 0 Å². The van der Waals surface area contributed by atoms with Gasteiger partial charge in [-0.25, -0.2) is 4.99 Å². The van der Waals surface area contributed by atoms with Crippen LogP contribution in [0.4, 0.5) is 0 Å². The summed E-state index contributed by atoms with van der Waals surface area (Å²) < 4.78 is 21.8. The topological polar surface area (TPSA) is 73.3 Å². The van der Waals surface area contributed by atoms with Gasteiger partial charge in [0.2, 0.25) is 6.79 Å². The highest BCUT2D eigenvalue weighted by molar-refractivity contribution is 14.0. The van der Waals surface area contributed by atoms with E-state index in [1.54, 1.807) is 7.11 Å². The van der Waals surface area contributed by atoms with E-state index in [1.807, 2.05) is 37.3 Å². The number of aliphatic imine (C=N–C) groups is 1. The van der Waals surface area contributed by atoms with Gasteiger partial charge in [-0.15, -0.1) is 24.0 Å². The number of nitrogens with one attached hydrogen (secondary N) is 2. The van der Waals surface area contributed by atoms with Crippen LogP contribution in [0.3, 0.4) is 0 Å². The van der Waals surface area contributed by atoms with Crippen molar-refractivity contribution in [1.82, 2.24) is 10.6 Å². The fraction of sp³-hybridized carbons (Fsp3) is 0.409. The van der Waals surface area contributed by atoms with Gasteiger partial charge in [0.25, 0.3) is 0 Å². The third-order valence-electron chi connectivity index (χ3n) is 4.43. The molecule has 1 heterocycles. The largest absolute Gasteiger partial charge is 0.493 e. The van der Waals surface area contributed by atoms with E-state index in [0.29, 0.717) is 19.9 Å². The average molecular weight is 527 g/mol. The first-order valence-electron chi connectivity index (χ1n) is 9.94. The van der Waals surface area contributed by atoms with E-state index in [2.05, 4.69) is 28.6 Å². The Labute approximate surface area is 195 Å². The van der Waals surface area contributed by atoms with E-state index in [0.717, 1.165) is 54.0 Å². The van der Waals surface area contributed by atoms with Crippen LogP contribution in [0.15, 0.2) is 41.4 Å². The van der Waals surface area contributed by atoms with Gasteiger partial charge in [-0.3, -0.25) is 0 Å². The maximum Gasteiger partial charge on any atom is 0.231 e. The van der Waals surface area contributed by atoms with Gasteiger partial charge in [-0.1, -0.05) is 12.1 Å². The molecule has 0 radical (unpaired) electrons. The lowest BCUT2D eigenvalue weighted by Crippen LogP contribution is -2.38. The predicted molar refractivity (Wildman–Crippen MR) is 129 cm³/mol. The zero-order chi connectivity index (χ0) is 20.5. The summed E-state index contributed by atoms with van der Waals surface area (Å²) in [5.74, 6) is 3.87. The minimum atomic E-state index is 0. The molecule has 0 spiro atoms. The highest BCUT2D eigenvalue weighted by Crippen LogP contribution is 2.32. The minimum absolute atomic E-state index is 0. The molecule has 3 rings (SSSR count). The SMILES string of the molecule is CCNC(=NCc1ccc(OC)c(OCC)c1)NCCc1ccc2c(c1)OCO2.I. The van der Waals surface area contributed by atoms with Gasteiger partial charge < -0.3 is 29.6 Å². The van der Waals surface area contributed by atoms with Gasteiger partial charge >= 0.3 is 0 Å². The lowest BCUT2D eigenvalue weighted by Gasteiger charge is -2.13. The second-order valence-electron chi connectivity index (χ2n) is 6.48. The number of halogens is 1. The van der Waals surface area contributed by atoms with E-state index in [-0.39, 0.29) is 24.0 Å². The molecule has 164 valence electrons. The Morgan fingerprint density at radius 3 is 2.57 bits per heavy atom. The van der Waals surface area contributed by atoms with Crippen molar-refractivity contribution in [3.63, 3.8) is 0 Å². The fourth-order valence-electron chi connectivity index (χ4n) is 3.02. The number of methoxy groups -OCH3 is 1. The molecule has 0 saturated heterocycles. The van der Waals surface area contributed by atoms with Crippen molar-refractivity contribution in [2.75, 3.05) is 33.6 Å². The average Bonchev–Trinajstić information content (AvgIpc) is 3.20. The molecule has 0 fully saturated rings. The lowest BCUT2D eigenvalue weighted by atomic mass is 10.1. The van der Waals surface area contributed by atoms with Gasteiger partial charge in [0, 0.05) is 13.1 Å². The smallest absolute Gasteiger partial charge is 0.231 e. The highest BCUT2D eigenvalue weighted by atomic mass is 127. The van der Waals surface area contributed by atoms with Crippen molar-refractivity contribution >= 4 is 29.9 Å². The highest BCUT2D eigenvalue weighted by Gasteiger charge is 2.13. The third-order valence-corrected chi connectivity index (χ3v) is 4.43. The quantitative estimate of drug-likeness (QED) is 0.294. The molecule has 0 amide bonds. The summed E-state index contributed by atoms with van der Waals surface area (Å²) >= 11 is 0. The van der Waals surface area contributed by atoms with Crippen LogP contribution in [0.5, 0.6) is 23.0 Å². The second-order valence-corrected chi connectivity index (χ2v) is 6.48. The maximum absolute atomic E-state index is 5.64. The normalized spacial score (nSPS) is 12.2. The van der Waals surface area contributed by atoms with Gasteiger partial charge in [0.15, 0.2) is 29.0 Å². The first kappa shape index (κ1) is 23.9. The zero-order valence-electron chi connectivity index (χ0n) is 17.7. The molecule has 0 unspecified atom stereocenters. The van der Waals surface area contributed by atoms with Gasteiger partial charge in [0.05, 0.1) is 20.3 Å². The molecule has 0 bridgehead atoms. The van der Waals surface area contributed by atoms with Crippen LogP contribution >= 0.6 is 24.0 Å². The fourth-order valence-corrected chi connectivity index (χ4v) is 3.02. The molecule has 30 heavy (non-hydrogen) atoms. The number of fused-ring (bicyclic) bond motifs is 1. The Kier molecular flexibility index (Phi) is 9.85. The third kappa shape index (κ3) is 6.58. The number of nitrogens with zero attached hydrogens (tertiary/aromatic N) is 1. The van der Waals surface area contributed by atoms with Crippen LogP contribution in [0.1, 0.15) is 25.0 Å². The molecule has 2 aromatic carbocycles. The molecule has 7 nitrogen and oxygen atoms in total. The number of hydrogen-bond acceptors (Lipinski definition) is 5. The first-order chi connectivity index (χ1) is 14.2. The van der Waals surface area contributed by atoms with Gasteiger partial charge in [0.1, 0.15) is 0 Å². The molecular formula is C22H30IN3O4. The second kappa shape index (κ2) is 12.4. The van der Waals surface area contributed by atoms with Crippen LogP contribution in [-0.2, 0) is 13.0 Å². The molecule has 0 aromatic heterocycles.